The van der Waals surface area contributed by atoms with Crippen molar-refractivity contribution in [3.8, 4) is 0 Å². The standard InChI is InChI=1S/C17H31N3/c1-5-19(6-2)14-12-18-13-15-20(7-3)17-10-8-16(4)9-11-17/h8-11,18H,5-7,12-15H2,1-4H3. The quantitative estimate of drug-likeness (QED) is 0.664. The zero-order valence-electron chi connectivity index (χ0n) is 13.7. The fraction of sp³-hybridized carbons (Fsp3) is 0.647. The molecule has 0 aliphatic carbocycles. The Morgan fingerprint density at radius 3 is 2.00 bits per heavy atom. The molecule has 3 nitrogen and oxygen atoms in total. The summed E-state index contributed by atoms with van der Waals surface area (Å²) in [6.07, 6.45) is 0. The van der Waals surface area contributed by atoms with Gasteiger partial charge in [0.15, 0.2) is 0 Å². The number of nitrogens with zero attached hydrogens (tertiary/aromatic N) is 2. The minimum Gasteiger partial charge on any atom is -0.371 e. The van der Waals surface area contributed by atoms with Crippen LogP contribution in [0.5, 0.6) is 0 Å². The number of hydrogen-bond acceptors (Lipinski definition) is 3. The highest BCUT2D eigenvalue weighted by molar-refractivity contribution is 5.47. The van der Waals surface area contributed by atoms with Crippen molar-refractivity contribution < 1.29 is 0 Å². The maximum absolute atomic E-state index is 3.55. The van der Waals surface area contributed by atoms with Gasteiger partial charge in [-0.2, -0.15) is 0 Å². The molecule has 0 fully saturated rings. The summed E-state index contributed by atoms with van der Waals surface area (Å²) in [5.74, 6) is 0. The molecule has 0 aromatic heterocycles. The van der Waals surface area contributed by atoms with E-state index >= 15 is 0 Å². The first kappa shape index (κ1) is 17.0. The van der Waals surface area contributed by atoms with Gasteiger partial charge in [0.2, 0.25) is 0 Å². The molecule has 0 aliphatic heterocycles. The molecule has 20 heavy (non-hydrogen) atoms. The maximum Gasteiger partial charge on any atom is 0.0366 e. The van der Waals surface area contributed by atoms with Crippen LogP contribution in [0, 0.1) is 6.92 Å². The highest BCUT2D eigenvalue weighted by Gasteiger charge is 2.03. The lowest BCUT2D eigenvalue weighted by Gasteiger charge is -2.24. The van der Waals surface area contributed by atoms with E-state index in [0.717, 1.165) is 45.8 Å². The van der Waals surface area contributed by atoms with Gasteiger partial charge in [-0.25, -0.2) is 0 Å². The third kappa shape index (κ3) is 5.93. The van der Waals surface area contributed by atoms with Gasteiger partial charge in [0.05, 0.1) is 0 Å². The van der Waals surface area contributed by atoms with Crippen molar-refractivity contribution in [2.75, 3.05) is 50.7 Å². The van der Waals surface area contributed by atoms with E-state index in [1.165, 1.54) is 11.3 Å². The van der Waals surface area contributed by atoms with E-state index in [-0.39, 0.29) is 0 Å². The van der Waals surface area contributed by atoms with Gasteiger partial charge in [-0.15, -0.1) is 0 Å². The minimum absolute atomic E-state index is 1.04. The Balaban J connectivity index is 2.26. The monoisotopic (exact) mass is 277 g/mol. The number of likely N-dealkylation sites (N-methyl/N-ethyl adjacent to an activating group) is 2. The molecule has 0 saturated carbocycles. The van der Waals surface area contributed by atoms with E-state index in [1.807, 2.05) is 0 Å². The van der Waals surface area contributed by atoms with Gasteiger partial charge in [0, 0.05) is 38.4 Å². The molecular weight excluding hydrogens is 246 g/mol. The van der Waals surface area contributed by atoms with E-state index in [1.54, 1.807) is 0 Å². The normalized spacial score (nSPS) is 11.1. The first-order chi connectivity index (χ1) is 9.71. The predicted octanol–water partition coefficient (Wildman–Crippen LogP) is 2.75. The lowest BCUT2D eigenvalue weighted by atomic mass is 10.2. The summed E-state index contributed by atoms with van der Waals surface area (Å²) in [5.41, 5.74) is 2.64. The topological polar surface area (TPSA) is 18.5 Å². The Labute approximate surface area is 125 Å². The van der Waals surface area contributed by atoms with Gasteiger partial charge in [-0.3, -0.25) is 0 Å². The van der Waals surface area contributed by atoms with E-state index in [0.29, 0.717) is 0 Å². The Morgan fingerprint density at radius 1 is 0.850 bits per heavy atom. The molecule has 1 rings (SSSR count). The van der Waals surface area contributed by atoms with Crippen LogP contribution in [0.25, 0.3) is 0 Å². The largest absolute Gasteiger partial charge is 0.371 e. The van der Waals surface area contributed by atoms with Crippen LogP contribution in [0.15, 0.2) is 24.3 Å². The molecule has 0 spiro atoms. The van der Waals surface area contributed by atoms with Crippen molar-refractivity contribution in [1.29, 1.82) is 0 Å². The fourth-order valence-corrected chi connectivity index (χ4v) is 2.34. The number of benzene rings is 1. The molecule has 1 N–H and O–H groups in total. The summed E-state index contributed by atoms with van der Waals surface area (Å²) < 4.78 is 0. The first-order valence-electron chi connectivity index (χ1n) is 7.95. The molecule has 1 aromatic carbocycles. The molecule has 0 atom stereocenters. The second kappa shape index (κ2) is 9.78. The van der Waals surface area contributed by atoms with Gasteiger partial charge >= 0.3 is 0 Å². The van der Waals surface area contributed by atoms with Crippen LogP contribution in [0.4, 0.5) is 5.69 Å². The van der Waals surface area contributed by atoms with E-state index in [9.17, 15) is 0 Å². The molecule has 114 valence electrons. The van der Waals surface area contributed by atoms with Crippen molar-refractivity contribution in [1.82, 2.24) is 10.2 Å². The zero-order valence-corrected chi connectivity index (χ0v) is 13.7. The predicted molar refractivity (Wildman–Crippen MR) is 89.7 cm³/mol. The van der Waals surface area contributed by atoms with Crippen LogP contribution in [-0.2, 0) is 0 Å². The number of rotatable bonds is 10. The Morgan fingerprint density at radius 2 is 1.45 bits per heavy atom. The van der Waals surface area contributed by atoms with Crippen molar-refractivity contribution in [3.05, 3.63) is 29.8 Å². The lowest BCUT2D eigenvalue weighted by molar-refractivity contribution is 0.303. The Hall–Kier alpha value is -1.06. The van der Waals surface area contributed by atoms with E-state index in [4.69, 9.17) is 0 Å². The molecule has 3 heteroatoms. The SMILES string of the molecule is CCN(CC)CCNCCN(CC)c1ccc(C)cc1. The van der Waals surface area contributed by atoms with Crippen molar-refractivity contribution in [2.45, 2.75) is 27.7 Å². The fourth-order valence-electron chi connectivity index (χ4n) is 2.34. The van der Waals surface area contributed by atoms with Crippen molar-refractivity contribution >= 4 is 5.69 Å². The number of aryl methyl sites for hydroxylation is 1. The third-order valence-corrected chi connectivity index (χ3v) is 3.84. The lowest BCUT2D eigenvalue weighted by Crippen LogP contribution is -2.36. The zero-order chi connectivity index (χ0) is 14.8. The Kier molecular flexibility index (Phi) is 8.31. The minimum atomic E-state index is 1.04. The molecule has 0 radical (unpaired) electrons. The highest BCUT2D eigenvalue weighted by Crippen LogP contribution is 2.14. The molecule has 0 heterocycles. The summed E-state index contributed by atoms with van der Waals surface area (Å²) in [6.45, 7) is 16.5. The van der Waals surface area contributed by atoms with Crippen molar-refractivity contribution in [3.63, 3.8) is 0 Å². The van der Waals surface area contributed by atoms with Crippen molar-refractivity contribution in [2.24, 2.45) is 0 Å². The average Bonchev–Trinajstić information content (AvgIpc) is 2.48. The second-order valence-corrected chi connectivity index (χ2v) is 5.19. The summed E-state index contributed by atoms with van der Waals surface area (Å²) in [4.78, 5) is 4.87. The van der Waals surface area contributed by atoms with Gasteiger partial charge in [-0.1, -0.05) is 31.5 Å². The summed E-state index contributed by atoms with van der Waals surface area (Å²) in [6, 6.07) is 8.81. The molecule has 0 aliphatic rings. The second-order valence-electron chi connectivity index (χ2n) is 5.19. The number of nitrogens with one attached hydrogen (secondary N) is 1. The van der Waals surface area contributed by atoms with Crippen LogP contribution in [0.1, 0.15) is 26.3 Å². The van der Waals surface area contributed by atoms with E-state index in [2.05, 4.69) is 67.1 Å². The van der Waals surface area contributed by atoms with Crippen LogP contribution in [0.3, 0.4) is 0 Å². The number of anilines is 1. The third-order valence-electron chi connectivity index (χ3n) is 3.84. The maximum atomic E-state index is 3.55. The molecular formula is C17H31N3. The van der Waals surface area contributed by atoms with Gasteiger partial charge in [0.1, 0.15) is 0 Å². The molecule has 1 aromatic rings. The van der Waals surface area contributed by atoms with Gasteiger partial charge in [-0.05, 0) is 39.1 Å². The average molecular weight is 277 g/mol. The van der Waals surface area contributed by atoms with Crippen LogP contribution < -0.4 is 10.2 Å². The van der Waals surface area contributed by atoms with Gasteiger partial charge in [0.25, 0.3) is 0 Å². The smallest absolute Gasteiger partial charge is 0.0366 e. The molecule has 0 amide bonds. The summed E-state index contributed by atoms with van der Waals surface area (Å²) >= 11 is 0. The van der Waals surface area contributed by atoms with Crippen LogP contribution >= 0.6 is 0 Å². The first-order valence-corrected chi connectivity index (χ1v) is 7.95. The number of hydrogen-bond donors (Lipinski definition) is 1. The summed E-state index contributed by atoms with van der Waals surface area (Å²) in [5, 5.41) is 3.55. The van der Waals surface area contributed by atoms with Gasteiger partial charge < -0.3 is 15.1 Å². The van der Waals surface area contributed by atoms with Crippen LogP contribution in [0.2, 0.25) is 0 Å². The molecule has 0 saturated heterocycles. The van der Waals surface area contributed by atoms with Crippen LogP contribution in [-0.4, -0.2) is 50.7 Å². The summed E-state index contributed by atoms with van der Waals surface area (Å²) in [7, 11) is 0. The highest BCUT2D eigenvalue weighted by atomic mass is 15.2. The van der Waals surface area contributed by atoms with E-state index < -0.39 is 0 Å². The Bertz CT molecular complexity index is 344. The molecule has 0 bridgehead atoms. The molecule has 0 unspecified atom stereocenters.